The van der Waals surface area contributed by atoms with E-state index in [0.717, 1.165) is 11.1 Å². The maximum atomic E-state index is 11.3. The Kier molecular flexibility index (Phi) is 5.13. The number of nitrogens with two attached hydrogens (primary N) is 1. The molecule has 1 atom stereocenters. The molecule has 0 saturated carbocycles. The largest absolute Gasteiger partial charge is 0.480 e. The third-order valence-electron chi connectivity index (χ3n) is 2.32. The van der Waals surface area contributed by atoms with Crippen molar-refractivity contribution in [3.8, 4) is 0 Å². The van der Waals surface area contributed by atoms with Gasteiger partial charge in [0.05, 0.1) is 0 Å². The first-order chi connectivity index (χ1) is 8.52. The van der Waals surface area contributed by atoms with Gasteiger partial charge >= 0.3 is 12.1 Å². The van der Waals surface area contributed by atoms with Crippen molar-refractivity contribution in [2.24, 2.45) is 5.73 Å². The van der Waals surface area contributed by atoms with Crippen LogP contribution in [0.15, 0.2) is 24.3 Å². The van der Waals surface area contributed by atoms with Crippen LogP contribution in [0.3, 0.4) is 0 Å². The SMILES string of the molecule is Cc1ccc(COC(=O)N[C@H](CN)C(=O)O)cc1. The first-order valence-electron chi connectivity index (χ1n) is 5.44. The van der Waals surface area contributed by atoms with Gasteiger partial charge in [-0.1, -0.05) is 29.8 Å². The van der Waals surface area contributed by atoms with Gasteiger partial charge in [0.2, 0.25) is 0 Å². The Bertz CT molecular complexity index is 417. The van der Waals surface area contributed by atoms with Crippen molar-refractivity contribution in [2.75, 3.05) is 6.54 Å². The molecule has 0 aliphatic heterocycles. The number of aliphatic carboxylic acids is 1. The molecule has 0 heterocycles. The van der Waals surface area contributed by atoms with Gasteiger partial charge in [0.15, 0.2) is 0 Å². The first-order valence-corrected chi connectivity index (χ1v) is 5.44. The minimum atomic E-state index is -1.19. The summed E-state index contributed by atoms with van der Waals surface area (Å²) in [7, 11) is 0. The number of ether oxygens (including phenoxy) is 1. The number of nitrogens with one attached hydrogen (secondary N) is 1. The summed E-state index contributed by atoms with van der Waals surface area (Å²) >= 11 is 0. The maximum absolute atomic E-state index is 11.3. The lowest BCUT2D eigenvalue weighted by Gasteiger charge is -2.12. The molecule has 1 aromatic carbocycles. The van der Waals surface area contributed by atoms with Crippen molar-refractivity contribution in [1.82, 2.24) is 5.32 Å². The third-order valence-corrected chi connectivity index (χ3v) is 2.32. The molecule has 0 bridgehead atoms. The van der Waals surface area contributed by atoms with Gasteiger partial charge < -0.3 is 20.9 Å². The van der Waals surface area contributed by atoms with Gasteiger partial charge in [0.25, 0.3) is 0 Å². The van der Waals surface area contributed by atoms with E-state index in [1.807, 2.05) is 31.2 Å². The molecular weight excluding hydrogens is 236 g/mol. The van der Waals surface area contributed by atoms with Gasteiger partial charge in [0.1, 0.15) is 12.6 Å². The fourth-order valence-corrected chi connectivity index (χ4v) is 1.24. The predicted molar refractivity (Wildman–Crippen MR) is 65.0 cm³/mol. The Morgan fingerprint density at radius 3 is 2.50 bits per heavy atom. The number of carboxylic acids is 1. The summed E-state index contributed by atoms with van der Waals surface area (Å²) < 4.78 is 4.88. The Hall–Kier alpha value is -2.08. The smallest absolute Gasteiger partial charge is 0.408 e. The zero-order valence-electron chi connectivity index (χ0n) is 10.1. The van der Waals surface area contributed by atoms with Crippen LogP contribution >= 0.6 is 0 Å². The van der Waals surface area contributed by atoms with E-state index in [2.05, 4.69) is 5.32 Å². The van der Waals surface area contributed by atoms with Gasteiger partial charge in [-0.15, -0.1) is 0 Å². The lowest BCUT2D eigenvalue weighted by molar-refractivity contribution is -0.139. The summed E-state index contributed by atoms with van der Waals surface area (Å²) in [5, 5.41) is 10.8. The lowest BCUT2D eigenvalue weighted by atomic mass is 10.2. The summed E-state index contributed by atoms with van der Waals surface area (Å²) in [5.41, 5.74) is 7.13. The summed E-state index contributed by atoms with van der Waals surface area (Å²) in [5.74, 6) is -1.19. The quantitative estimate of drug-likeness (QED) is 0.713. The number of alkyl carbamates (subject to hydrolysis) is 1. The van der Waals surface area contributed by atoms with Crippen LogP contribution in [0.5, 0.6) is 0 Å². The normalized spacial score (nSPS) is 11.7. The minimum Gasteiger partial charge on any atom is -0.480 e. The molecule has 0 aliphatic rings. The van der Waals surface area contributed by atoms with Gasteiger partial charge in [0, 0.05) is 6.54 Å². The molecule has 0 unspecified atom stereocenters. The van der Waals surface area contributed by atoms with Crippen molar-refractivity contribution in [3.05, 3.63) is 35.4 Å². The van der Waals surface area contributed by atoms with Crippen LogP contribution in [-0.2, 0) is 16.1 Å². The topological polar surface area (TPSA) is 102 Å². The Morgan fingerprint density at radius 2 is 2.00 bits per heavy atom. The van der Waals surface area contributed by atoms with E-state index < -0.39 is 18.1 Å². The van der Waals surface area contributed by atoms with Crippen LogP contribution in [0.25, 0.3) is 0 Å². The highest BCUT2D eigenvalue weighted by atomic mass is 16.5. The average molecular weight is 252 g/mol. The van der Waals surface area contributed by atoms with Crippen molar-refractivity contribution >= 4 is 12.1 Å². The molecule has 6 nitrogen and oxygen atoms in total. The molecule has 0 radical (unpaired) electrons. The van der Waals surface area contributed by atoms with E-state index in [1.165, 1.54) is 0 Å². The number of rotatable bonds is 5. The van der Waals surface area contributed by atoms with Gasteiger partial charge in [-0.2, -0.15) is 0 Å². The van der Waals surface area contributed by atoms with Crippen LogP contribution in [0.4, 0.5) is 4.79 Å². The summed E-state index contributed by atoms with van der Waals surface area (Å²) in [6.45, 7) is 1.86. The third kappa shape index (κ3) is 4.42. The second-order valence-electron chi connectivity index (χ2n) is 3.83. The molecule has 1 aromatic rings. The highest BCUT2D eigenvalue weighted by Crippen LogP contribution is 2.04. The predicted octanol–water partition coefficient (Wildman–Crippen LogP) is 0.633. The van der Waals surface area contributed by atoms with Crippen LogP contribution in [0.1, 0.15) is 11.1 Å². The van der Waals surface area contributed by atoms with E-state index in [1.54, 1.807) is 0 Å². The number of aryl methyl sites for hydroxylation is 1. The van der Waals surface area contributed by atoms with E-state index in [4.69, 9.17) is 15.6 Å². The second kappa shape index (κ2) is 6.61. The highest BCUT2D eigenvalue weighted by molar-refractivity contribution is 5.80. The molecule has 6 heteroatoms. The Balaban J connectivity index is 2.41. The number of hydrogen-bond acceptors (Lipinski definition) is 4. The molecular formula is C12H16N2O4. The number of carbonyl (C=O) groups excluding carboxylic acids is 1. The lowest BCUT2D eigenvalue weighted by Crippen LogP contribution is -2.45. The average Bonchev–Trinajstić information content (AvgIpc) is 2.35. The van der Waals surface area contributed by atoms with Crippen LogP contribution in [0.2, 0.25) is 0 Å². The molecule has 18 heavy (non-hydrogen) atoms. The monoisotopic (exact) mass is 252 g/mol. The van der Waals surface area contributed by atoms with Crippen molar-refractivity contribution in [3.63, 3.8) is 0 Å². The summed E-state index contributed by atoms with van der Waals surface area (Å²) in [6, 6.07) is 6.34. The van der Waals surface area contributed by atoms with Crippen molar-refractivity contribution in [2.45, 2.75) is 19.6 Å². The van der Waals surface area contributed by atoms with E-state index in [-0.39, 0.29) is 13.2 Å². The molecule has 0 saturated heterocycles. The van der Waals surface area contributed by atoms with Crippen LogP contribution in [0, 0.1) is 6.92 Å². The number of benzene rings is 1. The summed E-state index contributed by atoms with van der Waals surface area (Å²) in [4.78, 5) is 21.9. The Labute approximate surface area is 105 Å². The molecule has 0 fully saturated rings. The molecule has 4 N–H and O–H groups in total. The zero-order valence-corrected chi connectivity index (χ0v) is 10.1. The molecule has 1 amide bonds. The fourth-order valence-electron chi connectivity index (χ4n) is 1.24. The number of carbonyl (C=O) groups is 2. The fraction of sp³-hybridized carbons (Fsp3) is 0.333. The van der Waals surface area contributed by atoms with Crippen molar-refractivity contribution in [1.29, 1.82) is 0 Å². The molecule has 0 aromatic heterocycles. The van der Waals surface area contributed by atoms with Crippen LogP contribution in [-0.4, -0.2) is 29.8 Å². The Morgan fingerprint density at radius 1 is 1.39 bits per heavy atom. The number of hydrogen-bond donors (Lipinski definition) is 3. The standard InChI is InChI=1S/C12H16N2O4/c1-8-2-4-9(5-3-8)7-18-12(17)14-10(6-13)11(15)16/h2-5,10H,6-7,13H2,1H3,(H,14,17)(H,15,16)/t10-/m1/s1. The molecule has 0 spiro atoms. The highest BCUT2D eigenvalue weighted by Gasteiger charge is 2.18. The van der Waals surface area contributed by atoms with E-state index in [0.29, 0.717) is 0 Å². The van der Waals surface area contributed by atoms with E-state index in [9.17, 15) is 9.59 Å². The van der Waals surface area contributed by atoms with Crippen LogP contribution < -0.4 is 11.1 Å². The first kappa shape index (κ1) is 14.0. The molecule has 98 valence electrons. The van der Waals surface area contributed by atoms with Gasteiger partial charge in [-0.25, -0.2) is 9.59 Å². The minimum absolute atomic E-state index is 0.0863. The maximum Gasteiger partial charge on any atom is 0.408 e. The number of amides is 1. The molecule has 0 aliphatic carbocycles. The number of carboxylic acid groups (broad SMARTS) is 1. The van der Waals surface area contributed by atoms with Crippen molar-refractivity contribution < 1.29 is 19.4 Å². The van der Waals surface area contributed by atoms with E-state index >= 15 is 0 Å². The zero-order chi connectivity index (χ0) is 13.5. The summed E-state index contributed by atoms with van der Waals surface area (Å²) in [6.07, 6.45) is -0.798. The second-order valence-corrected chi connectivity index (χ2v) is 3.83. The molecule has 1 rings (SSSR count). The van der Waals surface area contributed by atoms with Gasteiger partial charge in [-0.05, 0) is 12.5 Å². The van der Waals surface area contributed by atoms with Gasteiger partial charge in [-0.3, -0.25) is 0 Å².